The van der Waals surface area contributed by atoms with Gasteiger partial charge in [-0.2, -0.15) is 0 Å². The zero-order chi connectivity index (χ0) is 18.6. The molecule has 4 heteroatoms. The predicted octanol–water partition coefficient (Wildman–Crippen LogP) is 3.74. The van der Waals surface area contributed by atoms with Crippen LogP contribution in [-0.4, -0.2) is 48.5 Å². The van der Waals surface area contributed by atoms with E-state index in [2.05, 4.69) is 30.0 Å². The Labute approximate surface area is 161 Å². The summed E-state index contributed by atoms with van der Waals surface area (Å²) in [5.74, 6) is 1.76. The van der Waals surface area contributed by atoms with Crippen molar-refractivity contribution in [3.63, 3.8) is 0 Å². The van der Waals surface area contributed by atoms with E-state index in [9.17, 15) is 4.79 Å². The van der Waals surface area contributed by atoms with Gasteiger partial charge in [0.25, 0.3) is 5.91 Å². The van der Waals surface area contributed by atoms with Crippen molar-refractivity contribution in [2.75, 3.05) is 32.8 Å². The molecule has 2 aliphatic rings. The first-order chi connectivity index (χ1) is 13.2. The van der Waals surface area contributed by atoms with E-state index in [0.717, 1.165) is 63.5 Å². The summed E-state index contributed by atoms with van der Waals surface area (Å²) < 4.78 is 5.85. The normalized spacial score (nSPS) is 18.0. The van der Waals surface area contributed by atoms with Crippen LogP contribution >= 0.6 is 0 Å². The number of nitrogens with zero attached hydrogens (tertiary/aromatic N) is 2. The fraction of sp³-hybridized carbons (Fsp3) is 0.435. The van der Waals surface area contributed by atoms with Crippen LogP contribution in [0, 0.1) is 12.8 Å². The van der Waals surface area contributed by atoms with Gasteiger partial charge in [-0.1, -0.05) is 35.9 Å². The maximum Gasteiger partial charge on any atom is 0.254 e. The fourth-order valence-electron chi connectivity index (χ4n) is 4.09. The number of carbonyl (C=O) groups excluding carboxylic acids is 1. The lowest BCUT2D eigenvalue weighted by Gasteiger charge is -2.33. The highest BCUT2D eigenvalue weighted by molar-refractivity contribution is 5.98. The lowest BCUT2D eigenvalue weighted by Crippen LogP contribution is -2.40. The molecule has 0 N–H and O–H groups in total. The first-order valence-corrected chi connectivity index (χ1v) is 9.98. The van der Waals surface area contributed by atoms with E-state index in [4.69, 9.17) is 4.74 Å². The molecule has 0 saturated carbocycles. The van der Waals surface area contributed by atoms with Gasteiger partial charge in [-0.25, -0.2) is 0 Å². The van der Waals surface area contributed by atoms with Crippen molar-refractivity contribution in [2.45, 2.75) is 26.3 Å². The number of carbonyl (C=O) groups is 1. The van der Waals surface area contributed by atoms with Gasteiger partial charge >= 0.3 is 0 Å². The molecule has 0 unspecified atom stereocenters. The van der Waals surface area contributed by atoms with Crippen LogP contribution in [0.4, 0.5) is 0 Å². The maximum absolute atomic E-state index is 12.5. The van der Waals surface area contributed by atoms with E-state index in [-0.39, 0.29) is 5.91 Å². The van der Waals surface area contributed by atoms with Gasteiger partial charge < -0.3 is 9.64 Å². The molecule has 2 heterocycles. The van der Waals surface area contributed by atoms with Crippen LogP contribution < -0.4 is 4.74 Å². The van der Waals surface area contributed by atoms with Crippen LogP contribution in [0.25, 0.3) is 0 Å². The van der Waals surface area contributed by atoms with Gasteiger partial charge in [-0.05, 0) is 62.5 Å². The summed E-state index contributed by atoms with van der Waals surface area (Å²) in [6.45, 7) is 7.64. The molecule has 142 valence electrons. The number of fused-ring (bicyclic) bond motifs is 1. The van der Waals surface area contributed by atoms with Gasteiger partial charge in [0.15, 0.2) is 0 Å². The minimum absolute atomic E-state index is 0.208. The number of aryl methyl sites for hydroxylation is 1. The number of amides is 1. The Hall–Kier alpha value is -2.33. The number of hydrogen-bond donors (Lipinski definition) is 0. The Bertz CT molecular complexity index is 779. The van der Waals surface area contributed by atoms with Gasteiger partial charge in [0.1, 0.15) is 12.4 Å². The SMILES string of the molecule is Cc1ccc(OCCN2CCC(CN3Cc4ccccc4C3=O)CC2)cc1. The molecular weight excluding hydrogens is 336 g/mol. The molecule has 27 heavy (non-hydrogen) atoms. The van der Waals surface area contributed by atoms with Crippen LogP contribution in [0.3, 0.4) is 0 Å². The van der Waals surface area contributed by atoms with Gasteiger partial charge in [0.05, 0.1) is 0 Å². The van der Waals surface area contributed by atoms with Gasteiger partial charge in [-0.3, -0.25) is 9.69 Å². The standard InChI is InChI=1S/C23H28N2O2/c1-18-6-8-21(9-7-18)27-15-14-24-12-10-19(11-13-24)16-25-17-20-4-2-3-5-22(20)23(25)26/h2-9,19H,10-17H2,1H3. The third kappa shape index (κ3) is 4.33. The van der Waals surface area contributed by atoms with Gasteiger partial charge in [0.2, 0.25) is 0 Å². The first kappa shape index (κ1) is 18.1. The summed E-state index contributed by atoms with van der Waals surface area (Å²) in [6, 6.07) is 16.2. The zero-order valence-corrected chi connectivity index (χ0v) is 16.1. The van der Waals surface area contributed by atoms with E-state index >= 15 is 0 Å². The Morgan fingerprint density at radius 2 is 1.78 bits per heavy atom. The summed E-state index contributed by atoms with van der Waals surface area (Å²) in [6.07, 6.45) is 2.31. The second kappa shape index (κ2) is 8.13. The van der Waals surface area contributed by atoms with Gasteiger partial charge in [-0.15, -0.1) is 0 Å². The van der Waals surface area contributed by atoms with Crippen LogP contribution in [0.1, 0.15) is 34.3 Å². The summed E-state index contributed by atoms with van der Waals surface area (Å²) in [4.78, 5) is 17.0. The van der Waals surface area contributed by atoms with Gasteiger partial charge in [0, 0.05) is 25.2 Å². The molecular formula is C23H28N2O2. The molecule has 1 amide bonds. The van der Waals surface area contributed by atoms with Crippen LogP contribution in [0.5, 0.6) is 5.75 Å². The number of hydrogen-bond acceptors (Lipinski definition) is 3. The van der Waals surface area contributed by atoms with Crippen molar-refractivity contribution in [2.24, 2.45) is 5.92 Å². The summed E-state index contributed by atoms with van der Waals surface area (Å²) >= 11 is 0. The van der Waals surface area contributed by atoms with Crippen LogP contribution in [0.15, 0.2) is 48.5 Å². The number of benzene rings is 2. The minimum Gasteiger partial charge on any atom is -0.492 e. The average Bonchev–Trinajstić information content (AvgIpc) is 3.01. The van der Waals surface area contributed by atoms with E-state index in [1.807, 2.05) is 35.2 Å². The first-order valence-electron chi connectivity index (χ1n) is 9.98. The number of ether oxygens (including phenoxy) is 1. The molecule has 2 aromatic carbocycles. The van der Waals surface area contributed by atoms with Crippen molar-refractivity contribution >= 4 is 5.91 Å². The molecule has 1 saturated heterocycles. The second-order valence-corrected chi connectivity index (χ2v) is 7.79. The number of likely N-dealkylation sites (tertiary alicyclic amines) is 1. The molecule has 4 rings (SSSR count). The third-order valence-corrected chi connectivity index (χ3v) is 5.78. The van der Waals surface area contributed by atoms with E-state index in [1.54, 1.807) is 0 Å². The van der Waals surface area contributed by atoms with E-state index in [0.29, 0.717) is 5.92 Å². The Kier molecular flexibility index (Phi) is 5.44. The topological polar surface area (TPSA) is 32.8 Å². The summed E-state index contributed by atoms with van der Waals surface area (Å²) in [7, 11) is 0. The van der Waals surface area contributed by atoms with Crippen molar-refractivity contribution in [1.29, 1.82) is 0 Å². The molecule has 0 radical (unpaired) electrons. The molecule has 0 bridgehead atoms. The maximum atomic E-state index is 12.5. The molecule has 0 aliphatic carbocycles. The Morgan fingerprint density at radius 1 is 1.04 bits per heavy atom. The highest BCUT2D eigenvalue weighted by atomic mass is 16.5. The molecule has 2 aliphatic heterocycles. The Morgan fingerprint density at radius 3 is 2.52 bits per heavy atom. The highest BCUT2D eigenvalue weighted by Gasteiger charge is 2.29. The Balaban J connectivity index is 1.18. The number of rotatable bonds is 6. The molecule has 2 aromatic rings. The minimum atomic E-state index is 0.208. The second-order valence-electron chi connectivity index (χ2n) is 7.79. The summed E-state index contributed by atoms with van der Waals surface area (Å²) in [5.41, 5.74) is 3.32. The number of piperidine rings is 1. The summed E-state index contributed by atoms with van der Waals surface area (Å²) in [5, 5.41) is 0. The molecule has 0 spiro atoms. The average molecular weight is 364 g/mol. The van der Waals surface area contributed by atoms with Crippen molar-refractivity contribution in [3.05, 3.63) is 65.2 Å². The third-order valence-electron chi connectivity index (χ3n) is 5.78. The smallest absolute Gasteiger partial charge is 0.254 e. The predicted molar refractivity (Wildman–Crippen MR) is 107 cm³/mol. The van der Waals surface area contributed by atoms with E-state index < -0.39 is 0 Å². The lowest BCUT2D eigenvalue weighted by molar-refractivity contribution is 0.0708. The molecule has 1 fully saturated rings. The fourth-order valence-corrected chi connectivity index (χ4v) is 4.09. The monoisotopic (exact) mass is 364 g/mol. The largest absolute Gasteiger partial charge is 0.492 e. The quantitative estimate of drug-likeness (QED) is 0.783. The van der Waals surface area contributed by atoms with E-state index in [1.165, 1.54) is 11.1 Å². The van der Waals surface area contributed by atoms with Crippen molar-refractivity contribution in [1.82, 2.24) is 9.80 Å². The molecule has 0 aromatic heterocycles. The zero-order valence-electron chi connectivity index (χ0n) is 16.1. The van der Waals surface area contributed by atoms with Crippen LogP contribution in [-0.2, 0) is 6.54 Å². The van der Waals surface area contributed by atoms with Crippen LogP contribution in [0.2, 0.25) is 0 Å². The lowest BCUT2D eigenvalue weighted by atomic mass is 9.96. The molecule has 4 nitrogen and oxygen atoms in total. The molecule has 0 atom stereocenters. The highest BCUT2D eigenvalue weighted by Crippen LogP contribution is 2.26. The van der Waals surface area contributed by atoms with Crippen molar-refractivity contribution in [3.8, 4) is 5.75 Å². The van der Waals surface area contributed by atoms with Crippen molar-refractivity contribution < 1.29 is 9.53 Å².